The summed E-state index contributed by atoms with van der Waals surface area (Å²) in [4.78, 5) is 0. The van der Waals surface area contributed by atoms with Gasteiger partial charge in [-0.3, -0.25) is 4.68 Å². The van der Waals surface area contributed by atoms with Gasteiger partial charge < -0.3 is 20.5 Å². The Balaban J connectivity index is 1.82. The number of hydrogen-bond donors (Lipinski definition) is 2. The highest BCUT2D eigenvalue weighted by Crippen LogP contribution is 2.33. The lowest BCUT2D eigenvalue weighted by atomic mass is 10.2. The highest BCUT2D eigenvalue weighted by atomic mass is 35.5. The molecule has 0 aliphatic rings. The number of halogens is 2. The third-order valence-corrected chi connectivity index (χ3v) is 5.03. The second kappa shape index (κ2) is 10.7. The van der Waals surface area contributed by atoms with Crippen LogP contribution in [0.3, 0.4) is 0 Å². The van der Waals surface area contributed by atoms with Gasteiger partial charge in [-0.1, -0.05) is 42.3 Å². The summed E-state index contributed by atoms with van der Waals surface area (Å²) in [7, 11) is 1.66. The van der Waals surface area contributed by atoms with Crippen molar-refractivity contribution in [2.45, 2.75) is 33.0 Å². The smallest absolute Gasteiger partial charge is 0.173 e. The van der Waals surface area contributed by atoms with Gasteiger partial charge in [-0.2, -0.15) is 5.10 Å². The lowest BCUT2D eigenvalue weighted by Gasteiger charge is -2.12. The van der Waals surface area contributed by atoms with Crippen LogP contribution in [-0.2, 0) is 26.1 Å². The first-order valence-electron chi connectivity index (χ1n) is 9.80. The van der Waals surface area contributed by atoms with Gasteiger partial charge in [0.2, 0.25) is 0 Å². The molecule has 0 unspecified atom stereocenters. The zero-order chi connectivity index (χ0) is 21.5. The molecule has 6 nitrogen and oxygen atoms in total. The van der Waals surface area contributed by atoms with Crippen molar-refractivity contribution < 1.29 is 9.47 Å². The zero-order valence-electron chi connectivity index (χ0n) is 17.1. The molecule has 3 N–H and O–H groups in total. The van der Waals surface area contributed by atoms with E-state index in [0.29, 0.717) is 47.7 Å². The van der Waals surface area contributed by atoms with Gasteiger partial charge in [0.1, 0.15) is 17.2 Å². The number of aryl methyl sites for hydroxylation is 1. The third kappa shape index (κ3) is 5.67. The molecule has 0 saturated heterocycles. The van der Waals surface area contributed by atoms with Crippen LogP contribution in [0.5, 0.6) is 17.2 Å². The lowest BCUT2D eigenvalue weighted by molar-refractivity contribution is 0.414. The average molecular weight is 449 g/mol. The number of rotatable bonds is 10. The summed E-state index contributed by atoms with van der Waals surface area (Å²) in [5, 5.41) is 9.20. The van der Waals surface area contributed by atoms with Gasteiger partial charge in [0, 0.05) is 29.7 Å². The quantitative estimate of drug-likeness (QED) is 0.465. The molecule has 0 amide bonds. The Morgan fingerprint density at radius 2 is 1.73 bits per heavy atom. The molecule has 1 aromatic heterocycles. The van der Waals surface area contributed by atoms with Crippen molar-refractivity contribution in [2.24, 2.45) is 5.73 Å². The molecule has 0 spiro atoms. The van der Waals surface area contributed by atoms with Crippen LogP contribution in [-0.4, -0.2) is 23.4 Å². The van der Waals surface area contributed by atoms with Crippen molar-refractivity contribution in [3.8, 4) is 17.2 Å². The van der Waals surface area contributed by atoms with Crippen molar-refractivity contribution in [3.05, 3.63) is 69.5 Å². The fraction of sp³-hybridized carbons (Fsp3) is 0.318. The van der Waals surface area contributed by atoms with Crippen LogP contribution in [0.2, 0.25) is 10.0 Å². The van der Waals surface area contributed by atoms with Crippen molar-refractivity contribution in [3.63, 3.8) is 0 Å². The van der Waals surface area contributed by atoms with Gasteiger partial charge in [0.15, 0.2) is 5.75 Å². The van der Waals surface area contributed by atoms with E-state index < -0.39 is 0 Å². The second-order valence-corrected chi connectivity index (χ2v) is 7.62. The Morgan fingerprint density at radius 3 is 2.33 bits per heavy atom. The first-order valence-corrected chi connectivity index (χ1v) is 10.6. The topological polar surface area (TPSA) is 74.3 Å². The van der Waals surface area contributed by atoms with E-state index in [1.54, 1.807) is 25.3 Å². The normalized spacial score (nSPS) is 11.0. The Morgan fingerprint density at radius 1 is 1.03 bits per heavy atom. The molecule has 0 saturated carbocycles. The van der Waals surface area contributed by atoms with Crippen LogP contribution < -0.4 is 20.5 Å². The first-order chi connectivity index (χ1) is 14.5. The van der Waals surface area contributed by atoms with Crippen molar-refractivity contribution in [2.75, 3.05) is 13.7 Å². The van der Waals surface area contributed by atoms with E-state index in [9.17, 15) is 0 Å². The minimum Gasteiger partial charge on any atom is -0.497 e. The molecule has 0 bridgehead atoms. The first kappa shape index (κ1) is 22.4. The maximum atomic E-state index is 6.20. The van der Waals surface area contributed by atoms with Crippen LogP contribution in [0.1, 0.15) is 23.9 Å². The maximum absolute atomic E-state index is 6.20. The number of nitrogens with zero attached hydrogens (tertiary/aromatic N) is 2. The highest BCUT2D eigenvalue weighted by Gasteiger charge is 2.19. The number of benzene rings is 2. The van der Waals surface area contributed by atoms with E-state index >= 15 is 0 Å². The van der Waals surface area contributed by atoms with Crippen LogP contribution in [0.4, 0.5) is 0 Å². The monoisotopic (exact) mass is 448 g/mol. The molecule has 8 heteroatoms. The minimum absolute atomic E-state index is 0.485. The predicted molar refractivity (Wildman–Crippen MR) is 121 cm³/mol. The molecule has 0 fully saturated rings. The van der Waals surface area contributed by atoms with Gasteiger partial charge in [-0.15, -0.1) is 0 Å². The lowest BCUT2D eigenvalue weighted by Crippen LogP contribution is -2.19. The van der Waals surface area contributed by atoms with E-state index in [1.807, 2.05) is 35.9 Å². The molecule has 0 radical (unpaired) electrons. The van der Waals surface area contributed by atoms with Crippen LogP contribution in [0, 0.1) is 0 Å². The largest absolute Gasteiger partial charge is 0.497 e. The molecular weight excluding hydrogens is 423 g/mol. The fourth-order valence-corrected chi connectivity index (χ4v) is 3.64. The van der Waals surface area contributed by atoms with Crippen molar-refractivity contribution in [1.82, 2.24) is 15.1 Å². The van der Waals surface area contributed by atoms with Gasteiger partial charge >= 0.3 is 0 Å². The number of ether oxygens (including phenoxy) is 2. The number of nitrogens with one attached hydrogen (secondary N) is 1. The van der Waals surface area contributed by atoms with E-state index in [-0.39, 0.29) is 0 Å². The fourth-order valence-electron chi connectivity index (χ4n) is 3.14. The minimum atomic E-state index is 0.485. The van der Waals surface area contributed by atoms with Crippen LogP contribution >= 0.6 is 23.2 Å². The Hall–Kier alpha value is -2.25. The van der Waals surface area contributed by atoms with E-state index in [0.717, 1.165) is 29.1 Å². The van der Waals surface area contributed by atoms with Gasteiger partial charge in [-0.05, 0) is 42.3 Å². The number of nitrogens with two attached hydrogens (primary N) is 1. The Kier molecular flexibility index (Phi) is 7.99. The SMILES string of the molecule is CCc1nn(CCN)c(CNCc2ccc(OC)cc2)c1Oc1cc(Cl)cc(Cl)c1. The van der Waals surface area contributed by atoms with Crippen LogP contribution in [0.25, 0.3) is 0 Å². The molecule has 2 aromatic carbocycles. The molecule has 0 atom stereocenters. The number of methoxy groups -OCH3 is 1. The summed E-state index contributed by atoms with van der Waals surface area (Å²) >= 11 is 12.3. The highest BCUT2D eigenvalue weighted by molar-refractivity contribution is 6.34. The summed E-state index contributed by atoms with van der Waals surface area (Å²) in [5.41, 5.74) is 8.75. The van der Waals surface area contributed by atoms with Crippen LogP contribution in [0.15, 0.2) is 42.5 Å². The standard InChI is InChI=1S/C22H26Cl2N4O2/c1-3-20-22(30-19-11-16(23)10-17(24)12-19)21(28(27-20)9-8-25)14-26-13-15-4-6-18(29-2)7-5-15/h4-7,10-12,26H,3,8-9,13-14,25H2,1-2H3. The van der Waals surface area contributed by atoms with Gasteiger partial charge in [0.25, 0.3) is 0 Å². The van der Waals surface area contributed by atoms with E-state index in [4.69, 9.17) is 43.5 Å². The molecule has 3 rings (SSSR count). The molecule has 160 valence electrons. The molecular formula is C22H26Cl2N4O2. The summed E-state index contributed by atoms with van der Waals surface area (Å²) in [6.45, 7) is 4.40. The summed E-state index contributed by atoms with van der Waals surface area (Å²) < 4.78 is 13.3. The predicted octanol–water partition coefficient (Wildman–Crippen LogP) is 4.80. The maximum Gasteiger partial charge on any atom is 0.173 e. The van der Waals surface area contributed by atoms with Crippen molar-refractivity contribution in [1.29, 1.82) is 0 Å². The Bertz CT molecular complexity index is 954. The third-order valence-electron chi connectivity index (χ3n) is 4.59. The van der Waals surface area contributed by atoms with Gasteiger partial charge in [0.05, 0.1) is 19.3 Å². The molecule has 30 heavy (non-hydrogen) atoms. The summed E-state index contributed by atoms with van der Waals surface area (Å²) in [6.07, 6.45) is 0.729. The van der Waals surface area contributed by atoms with E-state index in [1.165, 1.54) is 0 Å². The number of hydrogen-bond acceptors (Lipinski definition) is 5. The summed E-state index contributed by atoms with van der Waals surface area (Å²) in [6, 6.07) is 13.1. The Labute approximate surface area is 186 Å². The summed E-state index contributed by atoms with van der Waals surface area (Å²) in [5.74, 6) is 2.13. The van der Waals surface area contributed by atoms with E-state index in [2.05, 4.69) is 5.32 Å². The van der Waals surface area contributed by atoms with Crippen molar-refractivity contribution >= 4 is 23.2 Å². The second-order valence-electron chi connectivity index (χ2n) is 6.75. The number of aromatic nitrogens is 2. The molecule has 0 aliphatic heterocycles. The molecule has 3 aromatic rings. The molecule has 1 heterocycles. The zero-order valence-corrected chi connectivity index (χ0v) is 18.6. The average Bonchev–Trinajstić information content (AvgIpc) is 3.04. The van der Waals surface area contributed by atoms with Gasteiger partial charge in [-0.25, -0.2) is 0 Å². The molecule has 0 aliphatic carbocycles.